The first-order chi connectivity index (χ1) is 17.9. The zero-order valence-electron chi connectivity index (χ0n) is 20.2. The number of rotatable bonds is 7. The number of anilines is 3. The fourth-order valence-corrected chi connectivity index (χ4v) is 5.38. The molecule has 3 aliphatic rings. The van der Waals surface area contributed by atoms with Crippen LogP contribution in [0.25, 0.3) is 0 Å². The highest BCUT2D eigenvalue weighted by Gasteiger charge is 2.44. The molecule has 37 heavy (non-hydrogen) atoms. The molecule has 0 unspecified atom stereocenters. The van der Waals surface area contributed by atoms with Crippen LogP contribution < -0.4 is 15.5 Å². The zero-order chi connectivity index (χ0) is 25.5. The Hall–Kier alpha value is -3.49. The smallest absolute Gasteiger partial charge is 0.247 e. The van der Waals surface area contributed by atoms with Gasteiger partial charge in [0.05, 0.1) is 6.10 Å². The average molecular weight is 518 g/mol. The van der Waals surface area contributed by atoms with Gasteiger partial charge in [0.1, 0.15) is 24.0 Å². The van der Waals surface area contributed by atoms with Crippen molar-refractivity contribution in [1.82, 2.24) is 9.97 Å². The summed E-state index contributed by atoms with van der Waals surface area (Å²) in [6, 6.07) is 16.6. The summed E-state index contributed by atoms with van der Waals surface area (Å²) in [4.78, 5) is 36.3. The topological polar surface area (TPSA) is 107 Å². The highest BCUT2D eigenvalue weighted by Crippen LogP contribution is 2.48. The molecular weight excluding hydrogens is 490 g/mol. The first-order valence-electron chi connectivity index (χ1n) is 12.7. The van der Waals surface area contributed by atoms with Crippen molar-refractivity contribution in [2.75, 3.05) is 22.1 Å². The van der Waals surface area contributed by atoms with Crippen molar-refractivity contribution in [3.05, 3.63) is 77.1 Å². The molecule has 0 radical (unpaired) electrons. The van der Waals surface area contributed by atoms with Crippen molar-refractivity contribution in [3.63, 3.8) is 0 Å². The largest absolute Gasteiger partial charge is 0.391 e. The molecule has 3 fully saturated rings. The van der Waals surface area contributed by atoms with Crippen LogP contribution in [-0.2, 0) is 9.59 Å². The van der Waals surface area contributed by atoms with E-state index in [-0.39, 0.29) is 30.2 Å². The minimum absolute atomic E-state index is 0.111. The molecular formula is C28H28ClN5O3. The number of hydrogen-bond donors (Lipinski definition) is 3. The van der Waals surface area contributed by atoms with Gasteiger partial charge in [-0.25, -0.2) is 9.97 Å². The van der Waals surface area contributed by atoms with Gasteiger partial charge in [-0.15, -0.1) is 0 Å². The fourth-order valence-electron chi connectivity index (χ4n) is 5.18. The third-order valence-corrected chi connectivity index (χ3v) is 7.65. The molecule has 3 aromatic rings. The number of amides is 2. The Morgan fingerprint density at radius 3 is 2.51 bits per heavy atom. The molecule has 190 valence electrons. The number of halogens is 1. The average Bonchev–Trinajstić information content (AvgIpc) is 3.82. The Morgan fingerprint density at radius 1 is 0.946 bits per heavy atom. The van der Waals surface area contributed by atoms with E-state index in [1.54, 1.807) is 11.0 Å². The van der Waals surface area contributed by atoms with Crippen LogP contribution in [0.1, 0.15) is 48.6 Å². The highest BCUT2D eigenvalue weighted by molar-refractivity contribution is 6.30. The maximum absolute atomic E-state index is 13.1. The lowest BCUT2D eigenvalue weighted by molar-refractivity contribution is -0.118. The number of aromatic nitrogens is 2. The number of benzene rings is 2. The number of β-amino-alcohol motifs (C(OH)–C–C–N with tert-alkyl or cyclic N) is 1. The summed E-state index contributed by atoms with van der Waals surface area (Å²) in [5.74, 6) is 1.18. The molecule has 1 aromatic heterocycles. The first kappa shape index (κ1) is 23.9. The van der Waals surface area contributed by atoms with E-state index in [4.69, 9.17) is 11.6 Å². The Balaban J connectivity index is 1.11. The standard InChI is InChI=1S/C28H28ClN5O3/c29-19-3-1-2-18(10-19)22-12-23(22)27(36)33-25-13-26(31-15-30-25)34-14-21(35)11-24(34)28(37)32-20-8-6-17(7-9-20)16-4-5-16/h1-3,6-10,13,15-16,21-24,35H,4-5,11-12,14H2,(H,32,37)(H,30,31,33,36)/t21-,22+,23-,24+/m0/s1. The summed E-state index contributed by atoms with van der Waals surface area (Å²) in [5, 5.41) is 16.9. The van der Waals surface area contributed by atoms with Crippen LogP contribution in [0, 0.1) is 5.92 Å². The van der Waals surface area contributed by atoms with Crippen molar-refractivity contribution >= 4 is 40.7 Å². The van der Waals surface area contributed by atoms with Crippen molar-refractivity contribution < 1.29 is 14.7 Å². The highest BCUT2D eigenvalue weighted by atomic mass is 35.5. The minimum Gasteiger partial charge on any atom is -0.391 e. The lowest BCUT2D eigenvalue weighted by Crippen LogP contribution is -2.40. The molecule has 3 N–H and O–H groups in total. The molecule has 0 spiro atoms. The summed E-state index contributed by atoms with van der Waals surface area (Å²) in [7, 11) is 0. The van der Waals surface area contributed by atoms with E-state index in [0.29, 0.717) is 29.0 Å². The molecule has 2 aliphatic carbocycles. The summed E-state index contributed by atoms with van der Waals surface area (Å²) >= 11 is 6.09. The van der Waals surface area contributed by atoms with Gasteiger partial charge in [0.25, 0.3) is 0 Å². The van der Waals surface area contributed by atoms with Crippen LogP contribution in [0.4, 0.5) is 17.3 Å². The number of aliphatic hydroxyl groups is 1. The van der Waals surface area contributed by atoms with Gasteiger partial charge in [0, 0.05) is 35.7 Å². The maximum atomic E-state index is 13.1. The molecule has 2 aromatic carbocycles. The van der Waals surface area contributed by atoms with E-state index in [0.717, 1.165) is 17.7 Å². The van der Waals surface area contributed by atoms with Crippen molar-refractivity contribution in [2.45, 2.75) is 49.7 Å². The van der Waals surface area contributed by atoms with Gasteiger partial charge in [-0.3, -0.25) is 9.59 Å². The molecule has 0 bridgehead atoms. The Bertz CT molecular complexity index is 1330. The number of nitrogens with one attached hydrogen (secondary N) is 2. The van der Waals surface area contributed by atoms with Crippen LogP contribution in [0.3, 0.4) is 0 Å². The van der Waals surface area contributed by atoms with Gasteiger partial charge in [0.15, 0.2) is 0 Å². The molecule has 2 amide bonds. The van der Waals surface area contributed by atoms with Crippen LogP contribution in [0.2, 0.25) is 5.02 Å². The second-order valence-corrected chi connectivity index (χ2v) is 10.6. The van der Waals surface area contributed by atoms with Gasteiger partial charge in [0.2, 0.25) is 11.8 Å². The molecule has 1 aliphatic heterocycles. The molecule has 9 heteroatoms. The summed E-state index contributed by atoms with van der Waals surface area (Å²) < 4.78 is 0. The van der Waals surface area contributed by atoms with Crippen molar-refractivity contribution in [2.24, 2.45) is 5.92 Å². The molecule has 8 nitrogen and oxygen atoms in total. The van der Waals surface area contributed by atoms with Gasteiger partial charge in [-0.1, -0.05) is 35.9 Å². The van der Waals surface area contributed by atoms with E-state index in [9.17, 15) is 14.7 Å². The number of carbonyl (C=O) groups excluding carboxylic acids is 2. The first-order valence-corrected chi connectivity index (χ1v) is 13.1. The van der Waals surface area contributed by atoms with Crippen molar-refractivity contribution in [1.29, 1.82) is 0 Å². The van der Waals surface area contributed by atoms with Crippen LogP contribution >= 0.6 is 11.6 Å². The third kappa shape index (κ3) is 5.31. The van der Waals surface area contributed by atoms with E-state index in [1.165, 1.54) is 24.7 Å². The number of aliphatic hydroxyl groups excluding tert-OH is 1. The second kappa shape index (κ2) is 9.76. The Kier molecular flexibility index (Phi) is 6.30. The monoisotopic (exact) mass is 517 g/mol. The van der Waals surface area contributed by atoms with Crippen LogP contribution in [0.5, 0.6) is 0 Å². The zero-order valence-corrected chi connectivity index (χ0v) is 20.9. The maximum Gasteiger partial charge on any atom is 0.247 e. The molecule has 2 saturated carbocycles. The lowest BCUT2D eigenvalue weighted by atomic mass is 10.1. The second-order valence-electron chi connectivity index (χ2n) is 10.2. The molecule has 4 atom stereocenters. The predicted molar refractivity (Wildman–Crippen MR) is 142 cm³/mol. The fraction of sp³-hybridized carbons (Fsp3) is 0.357. The molecule has 1 saturated heterocycles. The number of hydrogen-bond acceptors (Lipinski definition) is 6. The number of nitrogens with zero attached hydrogens (tertiary/aromatic N) is 3. The van der Waals surface area contributed by atoms with E-state index >= 15 is 0 Å². The molecule has 2 heterocycles. The summed E-state index contributed by atoms with van der Waals surface area (Å²) in [6.45, 7) is 0.266. The third-order valence-electron chi connectivity index (χ3n) is 7.41. The normalized spacial score (nSPS) is 24.5. The Labute approximate surface area is 220 Å². The SMILES string of the molecule is O=C(Nc1cc(N2C[C@@H](O)C[C@@H]2C(=O)Nc2ccc(C3CC3)cc2)ncn1)[C@H]1C[C@@H]1c1cccc(Cl)c1. The van der Waals surface area contributed by atoms with E-state index in [1.807, 2.05) is 36.4 Å². The van der Waals surface area contributed by atoms with Crippen LogP contribution in [-0.4, -0.2) is 45.6 Å². The van der Waals surface area contributed by atoms with Gasteiger partial charge in [-0.2, -0.15) is 0 Å². The van der Waals surface area contributed by atoms with Crippen LogP contribution in [0.15, 0.2) is 60.9 Å². The minimum atomic E-state index is -0.661. The molecule has 6 rings (SSSR count). The predicted octanol–water partition coefficient (Wildman–Crippen LogP) is 4.33. The van der Waals surface area contributed by atoms with Crippen molar-refractivity contribution in [3.8, 4) is 0 Å². The van der Waals surface area contributed by atoms with E-state index < -0.39 is 12.1 Å². The number of carbonyl (C=O) groups is 2. The van der Waals surface area contributed by atoms with Gasteiger partial charge in [-0.05, 0) is 66.5 Å². The summed E-state index contributed by atoms with van der Waals surface area (Å²) in [5.41, 5.74) is 3.08. The van der Waals surface area contributed by atoms with Gasteiger partial charge < -0.3 is 20.6 Å². The lowest BCUT2D eigenvalue weighted by Gasteiger charge is -2.24. The summed E-state index contributed by atoms with van der Waals surface area (Å²) in [6.07, 6.45) is 4.21. The van der Waals surface area contributed by atoms with Gasteiger partial charge >= 0.3 is 0 Å². The quantitative estimate of drug-likeness (QED) is 0.430. The van der Waals surface area contributed by atoms with E-state index in [2.05, 4.69) is 32.7 Å². The Morgan fingerprint density at radius 2 is 1.76 bits per heavy atom.